The van der Waals surface area contributed by atoms with E-state index >= 15 is 0 Å². The molecule has 0 saturated carbocycles. The van der Waals surface area contributed by atoms with Crippen molar-refractivity contribution in [3.63, 3.8) is 0 Å². The molecule has 23 heavy (non-hydrogen) atoms. The van der Waals surface area contributed by atoms with Gasteiger partial charge in [0.25, 0.3) is 0 Å². The maximum Gasteiger partial charge on any atom is 0.134 e. The molecular weight excluding hydrogens is 374 g/mol. The van der Waals surface area contributed by atoms with E-state index in [0.29, 0.717) is 10.8 Å². The zero-order valence-corrected chi connectivity index (χ0v) is 15.1. The monoisotopic (exact) mass is 387 g/mol. The summed E-state index contributed by atoms with van der Waals surface area (Å²) >= 11 is 9.56. The fourth-order valence-corrected chi connectivity index (χ4v) is 2.76. The molecule has 5 heteroatoms. The zero-order chi connectivity index (χ0) is 16.4. The van der Waals surface area contributed by atoms with Crippen LogP contribution < -0.4 is 5.32 Å². The van der Waals surface area contributed by atoms with Crippen molar-refractivity contribution in [1.29, 1.82) is 0 Å². The largest absolute Gasteiger partial charge is 0.340 e. The molecule has 0 bridgehead atoms. The van der Waals surface area contributed by atoms with Crippen molar-refractivity contribution in [2.75, 3.05) is 5.32 Å². The Bertz CT molecular complexity index is 847. The molecule has 1 heterocycles. The highest BCUT2D eigenvalue weighted by Crippen LogP contribution is 2.27. The van der Waals surface area contributed by atoms with Crippen LogP contribution in [-0.4, -0.2) is 9.97 Å². The molecule has 0 atom stereocenters. The Morgan fingerprint density at radius 3 is 2.43 bits per heavy atom. The van der Waals surface area contributed by atoms with Gasteiger partial charge in [-0.15, -0.1) is 0 Å². The van der Waals surface area contributed by atoms with E-state index in [1.165, 1.54) is 0 Å². The number of aryl methyl sites for hydroxylation is 2. The van der Waals surface area contributed by atoms with Gasteiger partial charge < -0.3 is 5.32 Å². The maximum absolute atomic E-state index is 6.13. The molecule has 0 unspecified atom stereocenters. The molecule has 0 aliphatic rings. The SMILES string of the molecule is Cc1nc(Nc2ccc(Br)cc2)cc(-c2cc(Cl)ccc2C)n1. The molecule has 3 nitrogen and oxygen atoms in total. The second-order valence-electron chi connectivity index (χ2n) is 5.28. The molecule has 2 aromatic carbocycles. The summed E-state index contributed by atoms with van der Waals surface area (Å²) in [7, 11) is 0. The summed E-state index contributed by atoms with van der Waals surface area (Å²) in [5, 5.41) is 4.01. The third-order valence-electron chi connectivity index (χ3n) is 3.43. The van der Waals surface area contributed by atoms with E-state index in [0.717, 1.165) is 32.8 Å². The molecule has 3 aromatic rings. The van der Waals surface area contributed by atoms with E-state index in [1.807, 2.05) is 62.4 Å². The lowest BCUT2D eigenvalue weighted by Crippen LogP contribution is -1.99. The Balaban J connectivity index is 1.99. The Morgan fingerprint density at radius 1 is 0.957 bits per heavy atom. The molecule has 0 fully saturated rings. The maximum atomic E-state index is 6.13. The Labute approximate surface area is 148 Å². The first-order valence-electron chi connectivity index (χ1n) is 7.16. The number of anilines is 2. The minimum absolute atomic E-state index is 0.698. The Kier molecular flexibility index (Phi) is 4.64. The van der Waals surface area contributed by atoms with Crippen LogP contribution in [0.25, 0.3) is 11.3 Å². The van der Waals surface area contributed by atoms with E-state index in [4.69, 9.17) is 11.6 Å². The van der Waals surface area contributed by atoms with Crippen molar-refractivity contribution in [2.45, 2.75) is 13.8 Å². The summed E-state index contributed by atoms with van der Waals surface area (Å²) < 4.78 is 1.04. The number of nitrogens with one attached hydrogen (secondary N) is 1. The summed E-state index contributed by atoms with van der Waals surface area (Å²) in [5.41, 5.74) is 3.97. The molecule has 0 saturated heterocycles. The van der Waals surface area contributed by atoms with Crippen LogP contribution >= 0.6 is 27.5 Å². The summed E-state index contributed by atoms with van der Waals surface area (Å²) in [6, 6.07) is 15.7. The predicted molar refractivity (Wildman–Crippen MR) is 99.4 cm³/mol. The number of halogens is 2. The molecule has 0 radical (unpaired) electrons. The standard InChI is InChI=1S/C18H15BrClN3/c1-11-3-6-14(20)9-16(11)17-10-18(22-12(2)21-17)23-15-7-4-13(19)5-8-15/h3-10H,1-2H3,(H,21,22,23). The van der Waals surface area contributed by atoms with Gasteiger partial charge in [-0.25, -0.2) is 9.97 Å². The van der Waals surface area contributed by atoms with E-state index in [1.54, 1.807) is 0 Å². The first-order valence-corrected chi connectivity index (χ1v) is 8.33. The normalized spacial score (nSPS) is 10.6. The molecule has 0 aliphatic carbocycles. The molecule has 3 rings (SSSR count). The van der Waals surface area contributed by atoms with Crippen molar-refractivity contribution in [2.24, 2.45) is 0 Å². The highest BCUT2D eigenvalue weighted by Gasteiger charge is 2.08. The number of hydrogen-bond acceptors (Lipinski definition) is 3. The van der Waals surface area contributed by atoms with Gasteiger partial charge in [-0.3, -0.25) is 0 Å². The lowest BCUT2D eigenvalue weighted by atomic mass is 10.1. The average molecular weight is 389 g/mol. The lowest BCUT2D eigenvalue weighted by molar-refractivity contribution is 1.06. The minimum Gasteiger partial charge on any atom is -0.340 e. The van der Waals surface area contributed by atoms with Crippen molar-refractivity contribution < 1.29 is 0 Å². The summed E-state index contributed by atoms with van der Waals surface area (Å²) in [6.45, 7) is 3.93. The number of rotatable bonds is 3. The van der Waals surface area contributed by atoms with Gasteiger partial charge in [0.15, 0.2) is 0 Å². The van der Waals surface area contributed by atoms with Gasteiger partial charge in [0.2, 0.25) is 0 Å². The highest BCUT2D eigenvalue weighted by molar-refractivity contribution is 9.10. The van der Waals surface area contributed by atoms with Crippen LogP contribution in [0.3, 0.4) is 0 Å². The first kappa shape index (κ1) is 16.0. The average Bonchev–Trinajstić information content (AvgIpc) is 2.51. The lowest BCUT2D eigenvalue weighted by Gasteiger charge is -2.11. The van der Waals surface area contributed by atoms with Crippen LogP contribution in [0.5, 0.6) is 0 Å². The second kappa shape index (κ2) is 6.69. The summed E-state index contributed by atoms with van der Waals surface area (Å²) in [4.78, 5) is 9.01. The zero-order valence-electron chi connectivity index (χ0n) is 12.8. The fraction of sp³-hybridized carbons (Fsp3) is 0.111. The third-order valence-corrected chi connectivity index (χ3v) is 4.19. The molecular formula is C18H15BrClN3. The van der Waals surface area contributed by atoms with Gasteiger partial charge in [0.05, 0.1) is 5.69 Å². The highest BCUT2D eigenvalue weighted by atomic mass is 79.9. The molecule has 0 amide bonds. The van der Waals surface area contributed by atoms with E-state index in [-0.39, 0.29) is 0 Å². The van der Waals surface area contributed by atoms with E-state index in [2.05, 4.69) is 31.2 Å². The number of nitrogens with zero attached hydrogens (tertiary/aromatic N) is 2. The number of aromatic nitrogens is 2. The predicted octanol–water partition coefficient (Wildman–Crippen LogP) is 5.92. The molecule has 116 valence electrons. The van der Waals surface area contributed by atoms with Crippen LogP contribution in [0.2, 0.25) is 5.02 Å². The fourth-order valence-electron chi connectivity index (χ4n) is 2.32. The molecule has 1 aromatic heterocycles. The van der Waals surface area contributed by atoms with Gasteiger partial charge in [-0.1, -0.05) is 33.6 Å². The molecule has 0 aliphatic heterocycles. The minimum atomic E-state index is 0.698. The molecule has 0 spiro atoms. The first-order chi connectivity index (χ1) is 11.0. The van der Waals surface area contributed by atoms with Gasteiger partial charge in [0.1, 0.15) is 11.6 Å². The van der Waals surface area contributed by atoms with Gasteiger partial charge in [0, 0.05) is 26.8 Å². The van der Waals surface area contributed by atoms with Crippen molar-refractivity contribution in [3.05, 3.63) is 69.4 Å². The van der Waals surface area contributed by atoms with Crippen LogP contribution in [0.15, 0.2) is 53.0 Å². The summed E-state index contributed by atoms with van der Waals surface area (Å²) in [5.74, 6) is 1.47. The topological polar surface area (TPSA) is 37.8 Å². The Hall–Kier alpha value is -1.91. The van der Waals surface area contributed by atoms with E-state index in [9.17, 15) is 0 Å². The smallest absolute Gasteiger partial charge is 0.134 e. The summed E-state index contributed by atoms with van der Waals surface area (Å²) in [6.07, 6.45) is 0. The van der Waals surface area contributed by atoms with Crippen LogP contribution in [0.1, 0.15) is 11.4 Å². The number of hydrogen-bond donors (Lipinski definition) is 1. The number of benzene rings is 2. The third kappa shape index (κ3) is 3.89. The quantitative estimate of drug-likeness (QED) is 0.605. The van der Waals surface area contributed by atoms with E-state index < -0.39 is 0 Å². The van der Waals surface area contributed by atoms with Gasteiger partial charge in [-0.2, -0.15) is 0 Å². The van der Waals surface area contributed by atoms with Gasteiger partial charge in [-0.05, 0) is 55.8 Å². The van der Waals surface area contributed by atoms with Crippen LogP contribution in [0.4, 0.5) is 11.5 Å². The second-order valence-corrected chi connectivity index (χ2v) is 6.63. The van der Waals surface area contributed by atoms with Crippen molar-refractivity contribution in [3.8, 4) is 11.3 Å². The van der Waals surface area contributed by atoms with Crippen molar-refractivity contribution in [1.82, 2.24) is 9.97 Å². The van der Waals surface area contributed by atoms with Gasteiger partial charge >= 0.3 is 0 Å². The van der Waals surface area contributed by atoms with Crippen LogP contribution in [0, 0.1) is 13.8 Å². The van der Waals surface area contributed by atoms with Crippen LogP contribution in [-0.2, 0) is 0 Å². The Morgan fingerprint density at radius 2 is 1.70 bits per heavy atom. The molecule has 1 N–H and O–H groups in total. The van der Waals surface area contributed by atoms with Crippen molar-refractivity contribution >= 4 is 39.0 Å².